The maximum atomic E-state index is 13.1. The van der Waals surface area contributed by atoms with Crippen LogP contribution in [0, 0.1) is 5.82 Å². The van der Waals surface area contributed by atoms with Crippen LogP contribution in [-0.4, -0.2) is 27.8 Å². The van der Waals surface area contributed by atoms with Crippen LogP contribution >= 0.6 is 0 Å². The first kappa shape index (κ1) is 13.9. The van der Waals surface area contributed by atoms with Crippen LogP contribution in [0.2, 0.25) is 0 Å². The lowest BCUT2D eigenvalue weighted by Crippen LogP contribution is -2.31. The Hall–Kier alpha value is -2.56. The van der Waals surface area contributed by atoms with E-state index in [4.69, 9.17) is 0 Å². The minimum Gasteiger partial charge on any atom is -0.329 e. The van der Waals surface area contributed by atoms with Gasteiger partial charge in [-0.15, -0.1) is 0 Å². The molecular formula is C15H14FN3O. The number of benzene rings is 1. The molecule has 5 heteroatoms. The van der Waals surface area contributed by atoms with E-state index in [-0.39, 0.29) is 11.7 Å². The largest absolute Gasteiger partial charge is 0.329 e. The van der Waals surface area contributed by atoms with Gasteiger partial charge in [-0.05, 0) is 23.8 Å². The average molecular weight is 271 g/mol. The van der Waals surface area contributed by atoms with Crippen LogP contribution in [0.5, 0.6) is 0 Å². The molecule has 4 nitrogen and oxygen atoms in total. The molecule has 20 heavy (non-hydrogen) atoms. The third-order valence-corrected chi connectivity index (χ3v) is 2.96. The van der Waals surface area contributed by atoms with Crippen LogP contribution in [0.25, 0.3) is 0 Å². The number of halogens is 1. The van der Waals surface area contributed by atoms with Crippen molar-refractivity contribution in [3.05, 3.63) is 72.6 Å². The van der Waals surface area contributed by atoms with Crippen molar-refractivity contribution < 1.29 is 9.18 Å². The molecule has 1 aromatic heterocycles. The van der Waals surface area contributed by atoms with Crippen molar-refractivity contribution >= 4 is 5.91 Å². The molecule has 0 saturated carbocycles. The van der Waals surface area contributed by atoms with Gasteiger partial charge in [-0.3, -0.25) is 14.8 Å². The van der Waals surface area contributed by atoms with Gasteiger partial charge in [0.15, 0.2) is 0 Å². The number of carbonyl (C=O) groups excluding carboxylic acids is 1. The monoisotopic (exact) mass is 271 g/mol. The fourth-order valence-corrected chi connectivity index (χ4v) is 1.96. The molecule has 1 amide bonds. The summed E-state index contributed by atoms with van der Waals surface area (Å²) in [5.41, 5.74) is 1.36. The normalized spacial score (nSPS) is 11.7. The van der Waals surface area contributed by atoms with Crippen molar-refractivity contribution in [2.75, 3.05) is 7.05 Å². The molecule has 1 heterocycles. The summed E-state index contributed by atoms with van der Waals surface area (Å²) < 4.78 is 13.1. The van der Waals surface area contributed by atoms with Gasteiger partial charge in [0.2, 0.25) is 5.91 Å². The van der Waals surface area contributed by atoms with E-state index >= 15 is 0 Å². The van der Waals surface area contributed by atoms with E-state index in [9.17, 15) is 9.18 Å². The van der Waals surface area contributed by atoms with Crippen LogP contribution in [-0.2, 0) is 4.79 Å². The third-order valence-electron chi connectivity index (χ3n) is 2.96. The predicted octanol–water partition coefficient (Wildman–Crippen LogP) is 2.35. The Bertz CT molecular complexity index is 598. The van der Waals surface area contributed by atoms with Crippen molar-refractivity contribution in [2.45, 2.75) is 6.04 Å². The maximum absolute atomic E-state index is 13.1. The van der Waals surface area contributed by atoms with E-state index in [1.807, 2.05) is 0 Å². The SMILES string of the molecule is C=CC(=O)N(C)C(c1ccc(F)cc1)c1cnccn1. The quantitative estimate of drug-likeness (QED) is 0.802. The zero-order valence-corrected chi connectivity index (χ0v) is 11.0. The summed E-state index contributed by atoms with van der Waals surface area (Å²) in [6.07, 6.45) is 5.92. The summed E-state index contributed by atoms with van der Waals surface area (Å²) >= 11 is 0. The average Bonchev–Trinajstić information content (AvgIpc) is 2.49. The van der Waals surface area contributed by atoms with Gasteiger partial charge in [0.25, 0.3) is 0 Å². The number of carbonyl (C=O) groups is 1. The zero-order chi connectivity index (χ0) is 14.5. The summed E-state index contributed by atoms with van der Waals surface area (Å²) in [4.78, 5) is 21.6. The van der Waals surface area contributed by atoms with E-state index in [0.29, 0.717) is 5.69 Å². The van der Waals surface area contributed by atoms with Crippen LogP contribution in [0.15, 0.2) is 55.5 Å². The van der Waals surface area contributed by atoms with E-state index < -0.39 is 6.04 Å². The molecule has 0 N–H and O–H groups in total. The summed E-state index contributed by atoms with van der Waals surface area (Å²) in [5, 5.41) is 0. The lowest BCUT2D eigenvalue weighted by atomic mass is 10.0. The molecule has 1 aromatic carbocycles. The van der Waals surface area contributed by atoms with E-state index in [1.165, 1.54) is 23.1 Å². The Morgan fingerprint density at radius 3 is 2.60 bits per heavy atom. The Morgan fingerprint density at radius 1 is 1.35 bits per heavy atom. The van der Waals surface area contributed by atoms with Crippen LogP contribution in [0.1, 0.15) is 17.3 Å². The molecular weight excluding hydrogens is 257 g/mol. The highest BCUT2D eigenvalue weighted by Gasteiger charge is 2.23. The van der Waals surface area contributed by atoms with Gasteiger partial charge >= 0.3 is 0 Å². The van der Waals surface area contributed by atoms with Crippen molar-refractivity contribution in [1.82, 2.24) is 14.9 Å². The van der Waals surface area contributed by atoms with Crippen molar-refractivity contribution in [3.63, 3.8) is 0 Å². The molecule has 102 valence electrons. The van der Waals surface area contributed by atoms with Crippen molar-refractivity contribution in [2.24, 2.45) is 0 Å². The van der Waals surface area contributed by atoms with Gasteiger partial charge in [-0.2, -0.15) is 0 Å². The Morgan fingerprint density at radius 2 is 2.05 bits per heavy atom. The molecule has 0 bridgehead atoms. The van der Waals surface area contributed by atoms with Gasteiger partial charge in [0.1, 0.15) is 11.9 Å². The van der Waals surface area contributed by atoms with Gasteiger partial charge in [0, 0.05) is 19.4 Å². The van der Waals surface area contributed by atoms with E-state index in [1.54, 1.807) is 37.8 Å². The van der Waals surface area contributed by atoms with Gasteiger partial charge in [-0.1, -0.05) is 18.7 Å². The fraction of sp³-hybridized carbons (Fsp3) is 0.133. The third kappa shape index (κ3) is 2.88. The van der Waals surface area contributed by atoms with Gasteiger partial charge in [0.05, 0.1) is 11.9 Å². The number of rotatable bonds is 4. The zero-order valence-electron chi connectivity index (χ0n) is 11.0. The lowest BCUT2D eigenvalue weighted by molar-refractivity contribution is -0.126. The molecule has 1 atom stereocenters. The molecule has 0 aliphatic heterocycles. The molecule has 2 aromatic rings. The first-order chi connectivity index (χ1) is 9.63. The Labute approximate surface area is 116 Å². The number of aromatic nitrogens is 2. The molecule has 0 spiro atoms. The highest BCUT2D eigenvalue weighted by atomic mass is 19.1. The first-order valence-corrected chi connectivity index (χ1v) is 6.04. The lowest BCUT2D eigenvalue weighted by Gasteiger charge is -2.27. The minimum absolute atomic E-state index is 0.245. The second kappa shape index (κ2) is 6.06. The summed E-state index contributed by atoms with van der Waals surface area (Å²) in [5.74, 6) is -0.575. The standard InChI is InChI=1S/C15H14FN3O/c1-3-14(20)19(2)15(13-10-17-8-9-18-13)11-4-6-12(16)7-5-11/h3-10,15H,1H2,2H3. The smallest absolute Gasteiger partial charge is 0.246 e. The van der Waals surface area contributed by atoms with E-state index in [2.05, 4.69) is 16.5 Å². The van der Waals surface area contributed by atoms with Gasteiger partial charge < -0.3 is 4.90 Å². The molecule has 0 aliphatic rings. The van der Waals surface area contributed by atoms with Crippen LogP contribution in [0.3, 0.4) is 0 Å². The first-order valence-electron chi connectivity index (χ1n) is 6.04. The van der Waals surface area contributed by atoms with Gasteiger partial charge in [-0.25, -0.2) is 4.39 Å². The second-order valence-corrected chi connectivity index (χ2v) is 4.24. The molecule has 0 aliphatic carbocycles. The summed E-state index contributed by atoms with van der Waals surface area (Å²) in [6.45, 7) is 3.48. The Balaban J connectivity index is 2.46. The molecule has 1 unspecified atom stereocenters. The number of nitrogens with zero attached hydrogens (tertiary/aromatic N) is 3. The molecule has 0 saturated heterocycles. The highest BCUT2D eigenvalue weighted by Crippen LogP contribution is 2.26. The molecule has 2 rings (SSSR count). The minimum atomic E-state index is -0.435. The second-order valence-electron chi connectivity index (χ2n) is 4.24. The number of amides is 1. The number of hydrogen-bond donors (Lipinski definition) is 0. The molecule has 0 fully saturated rings. The fourth-order valence-electron chi connectivity index (χ4n) is 1.96. The Kier molecular flexibility index (Phi) is 4.20. The highest BCUT2D eigenvalue weighted by molar-refractivity contribution is 5.87. The number of likely N-dealkylation sites (N-methyl/N-ethyl adjacent to an activating group) is 1. The predicted molar refractivity (Wildman–Crippen MR) is 73.2 cm³/mol. The topological polar surface area (TPSA) is 46.1 Å². The number of hydrogen-bond acceptors (Lipinski definition) is 3. The maximum Gasteiger partial charge on any atom is 0.246 e. The van der Waals surface area contributed by atoms with Crippen molar-refractivity contribution in [1.29, 1.82) is 0 Å². The van der Waals surface area contributed by atoms with Crippen LogP contribution < -0.4 is 0 Å². The van der Waals surface area contributed by atoms with E-state index in [0.717, 1.165) is 5.56 Å². The summed E-state index contributed by atoms with van der Waals surface area (Å²) in [6, 6.07) is 5.52. The summed E-state index contributed by atoms with van der Waals surface area (Å²) in [7, 11) is 1.65. The van der Waals surface area contributed by atoms with Crippen molar-refractivity contribution in [3.8, 4) is 0 Å². The van der Waals surface area contributed by atoms with Crippen LogP contribution in [0.4, 0.5) is 4.39 Å². The molecule has 0 radical (unpaired) electrons.